The van der Waals surface area contributed by atoms with Crippen molar-refractivity contribution >= 4 is 5.69 Å². The minimum atomic E-state index is -0.140. The maximum absolute atomic E-state index is 14.3. The number of aliphatic hydroxyl groups is 1. The first-order valence-electron chi connectivity index (χ1n) is 7.64. The molecule has 1 aliphatic heterocycles. The van der Waals surface area contributed by atoms with Crippen molar-refractivity contribution in [1.29, 1.82) is 0 Å². The van der Waals surface area contributed by atoms with Gasteiger partial charge in [0.15, 0.2) is 0 Å². The second-order valence-electron chi connectivity index (χ2n) is 6.08. The van der Waals surface area contributed by atoms with Crippen molar-refractivity contribution in [1.82, 2.24) is 5.32 Å². The summed E-state index contributed by atoms with van der Waals surface area (Å²) in [6.45, 7) is 2.59. The predicted molar refractivity (Wildman–Crippen MR) is 78.3 cm³/mol. The normalized spacial score (nSPS) is 23.1. The summed E-state index contributed by atoms with van der Waals surface area (Å²) in [5.41, 5.74) is 1.69. The third-order valence-electron chi connectivity index (χ3n) is 4.30. The van der Waals surface area contributed by atoms with Gasteiger partial charge in [-0.05, 0) is 49.3 Å². The molecule has 3 rings (SSSR count). The van der Waals surface area contributed by atoms with Crippen LogP contribution in [0.25, 0.3) is 0 Å². The van der Waals surface area contributed by atoms with Gasteiger partial charge in [0.25, 0.3) is 0 Å². The first-order chi connectivity index (χ1) is 9.76. The molecule has 2 N–H and O–H groups in total. The summed E-state index contributed by atoms with van der Waals surface area (Å²) in [5, 5.41) is 12.7. The summed E-state index contributed by atoms with van der Waals surface area (Å²) >= 11 is 0. The van der Waals surface area contributed by atoms with Crippen molar-refractivity contribution in [3.63, 3.8) is 0 Å². The van der Waals surface area contributed by atoms with Crippen LogP contribution in [0.3, 0.4) is 0 Å². The zero-order chi connectivity index (χ0) is 13.9. The Kier molecular flexibility index (Phi) is 4.22. The molecule has 1 aliphatic carbocycles. The Labute approximate surface area is 119 Å². The maximum Gasteiger partial charge on any atom is 0.146 e. The largest absolute Gasteiger partial charge is 0.396 e. The number of piperidine rings is 1. The fourth-order valence-electron chi connectivity index (χ4n) is 2.90. The van der Waals surface area contributed by atoms with E-state index in [1.807, 2.05) is 12.1 Å². The lowest BCUT2D eigenvalue weighted by atomic mass is 9.98. The van der Waals surface area contributed by atoms with Crippen molar-refractivity contribution in [3.8, 4) is 0 Å². The summed E-state index contributed by atoms with van der Waals surface area (Å²) in [5.74, 6) is 0.137. The number of hydrogen-bond donors (Lipinski definition) is 2. The van der Waals surface area contributed by atoms with E-state index in [0.717, 1.165) is 38.0 Å². The van der Waals surface area contributed by atoms with Crippen LogP contribution < -0.4 is 10.2 Å². The summed E-state index contributed by atoms with van der Waals surface area (Å²) in [7, 11) is 0. The lowest BCUT2D eigenvalue weighted by Gasteiger charge is -2.33. The molecule has 1 saturated heterocycles. The Hall–Kier alpha value is -1.13. The van der Waals surface area contributed by atoms with Gasteiger partial charge in [0.2, 0.25) is 0 Å². The zero-order valence-corrected chi connectivity index (χ0v) is 11.8. The van der Waals surface area contributed by atoms with Crippen LogP contribution in [0.5, 0.6) is 0 Å². The molecule has 0 aromatic heterocycles. The molecule has 1 aromatic rings. The number of nitrogens with one attached hydrogen (secondary N) is 1. The van der Waals surface area contributed by atoms with Crippen LogP contribution in [0.15, 0.2) is 18.2 Å². The molecule has 0 bridgehead atoms. The molecule has 2 aliphatic rings. The van der Waals surface area contributed by atoms with Gasteiger partial charge in [-0.1, -0.05) is 6.07 Å². The van der Waals surface area contributed by atoms with E-state index < -0.39 is 0 Å². The first kappa shape index (κ1) is 13.8. The molecule has 1 atom stereocenters. The van der Waals surface area contributed by atoms with Gasteiger partial charge in [-0.3, -0.25) is 0 Å². The minimum absolute atomic E-state index is 0.140. The Morgan fingerprint density at radius 1 is 1.30 bits per heavy atom. The molecule has 4 heteroatoms. The summed E-state index contributed by atoms with van der Waals surface area (Å²) in [4.78, 5) is 2.07. The molecule has 0 spiro atoms. The smallest absolute Gasteiger partial charge is 0.146 e. The lowest BCUT2D eigenvalue weighted by molar-refractivity contribution is 0.208. The monoisotopic (exact) mass is 278 g/mol. The third-order valence-corrected chi connectivity index (χ3v) is 4.30. The highest BCUT2D eigenvalue weighted by molar-refractivity contribution is 5.49. The summed E-state index contributed by atoms with van der Waals surface area (Å²) in [6, 6.07) is 6.19. The minimum Gasteiger partial charge on any atom is -0.396 e. The van der Waals surface area contributed by atoms with Crippen LogP contribution in [0.2, 0.25) is 0 Å². The van der Waals surface area contributed by atoms with Crippen LogP contribution in [-0.2, 0) is 6.54 Å². The SMILES string of the molecule is OCC1CCCN(c2ccc(CNC3CC3)cc2F)C1. The van der Waals surface area contributed by atoms with E-state index in [1.54, 1.807) is 6.07 Å². The van der Waals surface area contributed by atoms with Crippen molar-refractivity contribution in [2.24, 2.45) is 5.92 Å². The maximum atomic E-state index is 14.3. The number of nitrogens with zero attached hydrogens (tertiary/aromatic N) is 1. The van der Waals surface area contributed by atoms with Crippen LogP contribution >= 0.6 is 0 Å². The van der Waals surface area contributed by atoms with Gasteiger partial charge in [0, 0.05) is 32.3 Å². The molecule has 1 unspecified atom stereocenters. The number of aliphatic hydroxyl groups excluding tert-OH is 1. The predicted octanol–water partition coefficient (Wildman–Crippen LogP) is 2.29. The average Bonchev–Trinajstić information content (AvgIpc) is 3.29. The first-order valence-corrected chi connectivity index (χ1v) is 7.64. The molecule has 1 aromatic carbocycles. The molecule has 0 radical (unpaired) electrons. The number of benzene rings is 1. The van der Waals surface area contributed by atoms with Crippen LogP contribution in [0.1, 0.15) is 31.2 Å². The van der Waals surface area contributed by atoms with Crippen molar-refractivity contribution in [2.45, 2.75) is 38.3 Å². The van der Waals surface area contributed by atoms with Gasteiger partial charge in [-0.25, -0.2) is 4.39 Å². The molecule has 3 nitrogen and oxygen atoms in total. The van der Waals surface area contributed by atoms with Gasteiger partial charge in [0.1, 0.15) is 5.82 Å². The van der Waals surface area contributed by atoms with E-state index in [1.165, 1.54) is 12.8 Å². The van der Waals surface area contributed by atoms with Crippen LogP contribution in [0, 0.1) is 11.7 Å². The highest BCUT2D eigenvalue weighted by Crippen LogP contribution is 2.26. The van der Waals surface area contributed by atoms with Crippen LogP contribution in [0.4, 0.5) is 10.1 Å². The van der Waals surface area contributed by atoms with Gasteiger partial charge < -0.3 is 15.3 Å². The Morgan fingerprint density at radius 2 is 2.15 bits per heavy atom. The van der Waals surface area contributed by atoms with Gasteiger partial charge >= 0.3 is 0 Å². The number of hydrogen-bond acceptors (Lipinski definition) is 3. The van der Waals surface area contributed by atoms with Gasteiger partial charge in [0.05, 0.1) is 5.69 Å². The number of anilines is 1. The van der Waals surface area contributed by atoms with E-state index in [0.29, 0.717) is 11.7 Å². The molecular formula is C16H23FN2O. The van der Waals surface area contributed by atoms with Crippen molar-refractivity contribution < 1.29 is 9.50 Å². The second kappa shape index (κ2) is 6.10. The molecule has 20 heavy (non-hydrogen) atoms. The highest BCUT2D eigenvalue weighted by atomic mass is 19.1. The van der Waals surface area contributed by atoms with Gasteiger partial charge in [-0.15, -0.1) is 0 Å². The van der Waals surface area contributed by atoms with Crippen molar-refractivity contribution in [3.05, 3.63) is 29.6 Å². The van der Waals surface area contributed by atoms with Gasteiger partial charge in [-0.2, -0.15) is 0 Å². The van der Waals surface area contributed by atoms with E-state index >= 15 is 0 Å². The quantitative estimate of drug-likeness (QED) is 0.867. The third kappa shape index (κ3) is 3.30. The zero-order valence-electron chi connectivity index (χ0n) is 11.8. The fourth-order valence-corrected chi connectivity index (χ4v) is 2.90. The lowest BCUT2D eigenvalue weighted by Crippen LogP contribution is -2.37. The fraction of sp³-hybridized carbons (Fsp3) is 0.625. The molecule has 1 saturated carbocycles. The second-order valence-corrected chi connectivity index (χ2v) is 6.08. The Bertz CT molecular complexity index is 462. The molecule has 2 fully saturated rings. The summed E-state index contributed by atoms with van der Waals surface area (Å²) < 4.78 is 14.3. The van der Waals surface area contributed by atoms with E-state index in [4.69, 9.17) is 0 Å². The van der Waals surface area contributed by atoms with E-state index in [2.05, 4.69) is 10.2 Å². The molecular weight excluding hydrogens is 255 g/mol. The number of halogens is 1. The number of rotatable bonds is 5. The Morgan fingerprint density at radius 3 is 2.85 bits per heavy atom. The Balaban J connectivity index is 1.66. The molecule has 110 valence electrons. The van der Waals surface area contributed by atoms with E-state index in [-0.39, 0.29) is 18.3 Å². The highest BCUT2D eigenvalue weighted by Gasteiger charge is 2.22. The topological polar surface area (TPSA) is 35.5 Å². The van der Waals surface area contributed by atoms with E-state index in [9.17, 15) is 9.50 Å². The average molecular weight is 278 g/mol. The molecule has 0 amide bonds. The van der Waals surface area contributed by atoms with Crippen LogP contribution in [-0.4, -0.2) is 30.8 Å². The molecule has 1 heterocycles. The van der Waals surface area contributed by atoms with Crippen molar-refractivity contribution in [2.75, 3.05) is 24.6 Å². The summed E-state index contributed by atoms with van der Waals surface area (Å²) in [6.07, 6.45) is 4.56. The standard InChI is InChI=1S/C16H23FN2O/c17-15-8-12(9-18-14-4-5-14)3-6-16(15)19-7-1-2-13(10-19)11-20/h3,6,8,13-14,18,20H,1-2,4-5,7,9-11H2.